The molecule has 3 rings (SSSR count). The molecule has 24 heavy (non-hydrogen) atoms. The highest BCUT2D eigenvalue weighted by Crippen LogP contribution is 2.46. The Bertz CT molecular complexity index is 733. The zero-order valence-electron chi connectivity index (χ0n) is 14.6. The van der Waals surface area contributed by atoms with Gasteiger partial charge >= 0.3 is 0 Å². The molecule has 0 saturated carbocycles. The summed E-state index contributed by atoms with van der Waals surface area (Å²) in [5, 5.41) is 21.7. The second kappa shape index (κ2) is 6.02. The quantitative estimate of drug-likeness (QED) is 0.873. The van der Waals surface area contributed by atoms with E-state index in [9.17, 15) is 10.2 Å². The molecule has 6 heteroatoms. The SMILES string of the molecule is COc1c2c(nc3occc13)[C@](CCC(C)(C)O)(OC)[C@H](O)CC2. The first-order valence-electron chi connectivity index (χ1n) is 8.22. The molecule has 2 aromatic heterocycles. The molecule has 2 heterocycles. The van der Waals surface area contributed by atoms with Crippen molar-refractivity contribution in [1.82, 2.24) is 4.98 Å². The van der Waals surface area contributed by atoms with Crippen LogP contribution in [0.2, 0.25) is 0 Å². The van der Waals surface area contributed by atoms with Crippen LogP contribution in [0.1, 0.15) is 44.4 Å². The molecule has 0 amide bonds. The van der Waals surface area contributed by atoms with Gasteiger partial charge in [0.05, 0.1) is 36.2 Å². The fourth-order valence-corrected chi connectivity index (χ4v) is 3.60. The fraction of sp³-hybridized carbons (Fsp3) is 0.611. The predicted molar refractivity (Wildman–Crippen MR) is 89.1 cm³/mol. The number of aromatic nitrogens is 1. The van der Waals surface area contributed by atoms with Crippen LogP contribution in [0.3, 0.4) is 0 Å². The van der Waals surface area contributed by atoms with Crippen molar-refractivity contribution in [3.63, 3.8) is 0 Å². The molecule has 1 aliphatic carbocycles. The van der Waals surface area contributed by atoms with E-state index in [1.54, 1.807) is 34.3 Å². The fourth-order valence-electron chi connectivity index (χ4n) is 3.60. The van der Waals surface area contributed by atoms with Gasteiger partial charge in [0, 0.05) is 12.7 Å². The predicted octanol–water partition coefficient (Wildman–Crippen LogP) is 2.54. The zero-order valence-corrected chi connectivity index (χ0v) is 14.6. The minimum atomic E-state index is -0.984. The van der Waals surface area contributed by atoms with Crippen molar-refractivity contribution in [2.45, 2.75) is 56.8 Å². The summed E-state index contributed by atoms with van der Waals surface area (Å²) in [6.45, 7) is 3.49. The number of rotatable bonds is 5. The number of methoxy groups -OCH3 is 2. The van der Waals surface area contributed by atoms with Gasteiger partial charge in [-0.25, -0.2) is 4.98 Å². The lowest BCUT2D eigenvalue weighted by Gasteiger charge is -2.42. The molecule has 0 saturated heterocycles. The summed E-state index contributed by atoms with van der Waals surface area (Å²) in [5.41, 5.74) is 0.204. The Kier molecular flexibility index (Phi) is 4.32. The number of fused-ring (bicyclic) bond motifs is 2. The Morgan fingerprint density at radius 3 is 2.79 bits per heavy atom. The van der Waals surface area contributed by atoms with Gasteiger partial charge in [-0.3, -0.25) is 0 Å². The number of pyridine rings is 1. The molecule has 0 unspecified atom stereocenters. The van der Waals surface area contributed by atoms with Crippen LogP contribution in [0.5, 0.6) is 5.75 Å². The molecule has 2 atom stereocenters. The van der Waals surface area contributed by atoms with Gasteiger partial charge in [-0.1, -0.05) is 0 Å². The molecule has 2 N–H and O–H groups in total. The first-order valence-corrected chi connectivity index (χ1v) is 8.22. The Hall–Kier alpha value is -1.63. The summed E-state index contributed by atoms with van der Waals surface area (Å²) in [4.78, 5) is 4.65. The van der Waals surface area contributed by atoms with Crippen molar-refractivity contribution < 1.29 is 24.1 Å². The highest BCUT2D eigenvalue weighted by atomic mass is 16.5. The van der Waals surface area contributed by atoms with Gasteiger partial charge in [0.25, 0.3) is 0 Å². The summed E-state index contributed by atoms with van der Waals surface area (Å²) < 4.78 is 16.9. The molecule has 0 aromatic carbocycles. The van der Waals surface area contributed by atoms with Crippen LogP contribution in [0.25, 0.3) is 11.1 Å². The van der Waals surface area contributed by atoms with E-state index in [1.165, 1.54) is 0 Å². The minimum absolute atomic E-state index is 0.448. The van der Waals surface area contributed by atoms with Crippen LogP contribution in [-0.4, -0.2) is 41.1 Å². The number of hydrogen-bond donors (Lipinski definition) is 2. The van der Waals surface area contributed by atoms with Gasteiger partial charge in [-0.2, -0.15) is 0 Å². The minimum Gasteiger partial charge on any atom is -0.496 e. The summed E-state index contributed by atoms with van der Waals surface area (Å²) >= 11 is 0. The lowest BCUT2D eigenvalue weighted by molar-refractivity contribution is -0.133. The van der Waals surface area contributed by atoms with E-state index >= 15 is 0 Å². The first kappa shape index (κ1) is 17.2. The maximum absolute atomic E-state index is 10.7. The Labute approximate surface area is 141 Å². The summed E-state index contributed by atoms with van der Waals surface area (Å²) in [7, 11) is 3.20. The van der Waals surface area contributed by atoms with Crippen molar-refractivity contribution in [2.24, 2.45) is 0 Å². The van der Waals surface area contributed by atoms with Crippen LogP contribution in [0.4, 0.5) is 0 Å². The number of aliphatic hydroxyl groups is 2. The molecular weight excluding hydrogens is 310 g/mol. The van der Waals surface area contributed by atoms with E-state index in [-0.39, 0.29) is 0 Å². The molecule has 6 nitrogen and oxygen atoms in total. The number of furan rings is 1. The molecule has 0 radical (unpaired) electrons. The van der Waals surface area contributed by atoms with E-state index in [0.717, 1.165) is 16.7 Å². The molecule has 0 aliphatic heterocycles. The Balaban J connectivity index is 2.18. The summed E-state index contributed by atoms with van der Waals surface area (Å²) in [6, 6.07) is 1.83. The third kappa shape index (κ3) is 2.68. The second-order valence-electron chi connectivity index (χ2n) is 7.07. The van der Waals surface area contributed by atoms with Crippen LogP contribution >= 0.6 is 0 Å². The Morgan fingerprint density at radius 2 is 2.17 bits per heavy atom. The van der Waals surface area contributed by atoms with E-state index in [2.05, 4.69) is 4.98 Å². The largest absolute Gasteiger partial charge is 0.496 e. The van der Waals surface area contributed by atoms with Crippen molar-refractivity contribution in [3.05, 3.63) is 23.6 Å². The lowest BCUT2D eigenvalue weighted by atomic mass is 9.75. The lowest BCUT2D eigenvalue weighted by Crippen LogP contribution is -2.47. The van der Waals surface area contributed by atoms with E-state index < -0.39 is 17.3 Å². The third-order valence-corrected chi connectivity index (χ3v) is 4.95. The smallest absolute Gasteiger partial charge is 0.229 e. The molecule has 0 bridgehead atoms. The van der Waals surface area contributed by atoms with E-state index in [4.69, 9.17) is 13.9 Å². The average Bonchev–Trinajstić information content (AvgIpc) is 2.99. The van der Waals surface area contributed by atoms with E-state index in [1.807, 2.05) is 6.07 Å². The molecule has 0 fully saturated rings. The number of nitrogens with zero attached hydrogens (tertiary/aromatic N) is 1. The maximum atomic E-state index is 10.7. The molecular formula is C18H25NO5. The van der Waals surface area contributed by atoms with Gasteiger partial charge in [0.15, 0.2) is 0 Å². The molecule has 132 valence electrons. The zero-order chi connectivity index (χ0) is 17.5. The van der Waals surface area contributed by atoms with Crippen molar-refractivity contribution in [1.29, 1.82) is 0 Å². The van der Waals surface area contributed by atoms with Crippen molar-refractivity contribution in [2.75, 3.05) is 14.2 Å². The average molecular weight is 335 g/mol. The summed E-state index contributed by atoms with van der Waals surface area (Å²) in [6.07, 6.45) is 2.99. The van der Waals surface area contributed by atoms with Gasteiger partial charge in [-0.05, 0) is 45.6 Å². The van der Waals surface area contributed by atoms with Gasteiger partial charge in [0.1, 0.15) is 11.4 Å². The van der Waals surface area contributed by atoms with Crippen molar-refractivity contribution in [3.8, 4) is 5.75 Å². The highest BCUT2D eigenvalue weighted by molar-refractivity contribution is 5.83. The normalized spacial score (nSPS) is 24.2. The first-order chi connectivity index (χ1) is 11.3. The molecule has 2 aromatic rings. The molecule has 1 aliphatic rings. The van der Waals surface area contributed by atoms with Gasteiger partial charge in [0.2, 0.25) is 5.71 Å². The van der Waals surface area contributed by atoms with E-state index in [0.29, 0.717) is 37.1 Å². The van der Waals surface area contributed by atoms with Crippen LogP contribution in [0, 0.1) is 0 Å². The number of ether oxygens (including phenoxy) is 2. The van der Waals surface area contributed by atoms with Crippen LogP contribution in [-0.2, 0) is 16.8 Å². The second-order valence-corrected chi connectivity index (χ2v) is 7.07. The standard InChI is InChI=1S/C18H25NO5/c1-17(2,21)8-9-18(23-4)13(20)6-5-11-14(22-3)12-7-10-24-16(12)19-15(11)18/h7,10,13,20-21H,5-6,8-9H2,1-4H3/t13-,18-/m1/s1. The number of aliphatic hydroxyl groups excluding tert-OH is 1. The Morgan fingerprint density at radius 1 is 1.42 bits per heavy atom. The topological polar surface area (TPSA) is 85.0 Å². The van der Waals surface area contributed by atoms with Gasteiger partial charge < -0.3 is 24.1 Å². The maximum Gasteiger partial charge on any atom is 0.229 e. The third-order valence-electron chi connectivity index (χ3n) is 4.95. The van der Waals surface area contributed by atoms with Crippen molar-refractivity contribution >= 4 is 11.1 Å². The highest BCUT2D eigenvalue weighted by Gasteiger charge is 2.47. The summed E-state index contributed by atoms with van der Waals surface area (Å²) in [5.74, 6) is 0.723. The van der Waals surface area contributed by atoms with Gasteiger partial charge in [-0.15, -0.1) is 0 Å². The monoisotopic (exact) mass is 335 g/mol. The molecule has 0 spiro atoms. The van der Waals surface area contributed by atoms with Crippen LogP contribution in [0.15, 0.2) is 16.7 Å². The number of hydrogen-bond acceptors (Lipinski definition) is 6. The van der Waals surface area contributed by atoms with Crippen LogP contribution < -0.4 is 4.74 Å².